The highest BCUT2D eigenvalue weighted by atomic mass is 16.5. The predicted molar refractivity (Wildman–Crippen MR) is 79.5 cm³/mol. The number of hydrogen-bond acceptors (Lipinski definition) is 4. The molecule has 2 rings (SSSR count). The monoisotopic (exact) mass is 273 g/mol. The van der Waals surface area contributed by atoms with Crippen LogP contribution in [0.4, 0.5) is 0 Å². The van der Waals surface area contributed by atoms with Crippen LogP contribution in [0.2, 0.25) is 0 Å². The Kier molecular flexibility index (Phi) is 4.90. The molecule has 108 valence electrons. The van der Waals surface area contributed by atoms with Crippen molar-refractivity contribution in [2.45, 2.75) is 52.5 Å². The van der Waals surface area contributed by atoms with Gasteiger partial charge in [-0.05, 0) is 25.8 Å². The van der Waals surface area contributed by atoms with Crippen molar-refractivity contribution in [2.24, 2.45) is 5.73 Å². The van der Waals surface area contributed by atoms with Gasteiger partial charge in [-0.15, -0.1) is 0 Å². The number of rotatable bonds is 6. The molecule has 0 fully saturated rings. The third-order valence-corrected chi connectivity index (χ3v) is 3.31. The molecule has 2 N–H and O–H groups in total. The molecule has 20 heavy (non-hydrogen) atoms. The van der Waals surface area contributed by atoms with Gasteiger partial charge < -0.3 is 10.3 Å². The van der Waals surface area contributed by atoms with Gasteiger partial charge in [0.25, 0.3) is 0 Å². The number of nitrogens with zero attached hydrogens (tertiary/aromatic N) is 2. The summed E-state index contributed by atoms with van der Waals surface area (Å²) in [6.07, 6.45) is 3.78. The summed E-state index contributed by atoms with van der Waals surface area (Å²) in [5, 5.41) is 4.03. The fourth-order valence-corrected chi connectivity index (χ4v) is 2.39. The normalized spacial score (nSPS) is 12.6. The second-order valence-electron chi connectivity index (χ2n) is 5.47. The Morgan fingerprint density at radius 3 is 2.55 bits per heavy atom. The van der Waals surface area contributed by atoms with Gasteiger partial charge in [-0.1, -0.05) is 54.2 Å². The Morgan fingerprint density at radius 1 is 1.20 bits per heavy atom. The van der Waals surface area contributed by atoms with Crippen LogP contribution in [-0.2, 0) is 6.42 Å². The fraction of sp³-hybridized carbons (Fsp3) is 0.500. The summed E-state index contributed by atoms with van der Waals surface area (Å²) in [5.41, 5.74) is 9.75. The van der Waals surface area contributed by atoms with Crippen molar-refractivity contribution in [3.05, 3.63) is 46.6 Å². The van der Waals surface area contributed by atoms with Gasteiger partial charge in [-0.3, -0.25) is 0 Å². The molecule has 0 amide bonds. The summed E-state index contributed by atoms with van der Waals surface area (Å²) < 4.78 is 5.27. The van der Waals surface area contributed by atoms with E-state index in [0.29, 0.717) is 18.1 Å². The Balaban J connectivity index is 2.05. The minimum absolute atomic E-state index is 0.143. The lowest BCUT2D eigenvalue weighted by Crippen LogP contribution is -2.10. The minimum atomic E-state index is -0.143. The highest BCUT2D eigenvalue weighted by Crippen LogP contribution is 2.17. The van der Waals surface area contributed by atoms with Gasteiger partial charge in [-0.25, -0.2) is 0 Å². The molecule has 0 aliphatic heterocycles. The molecule has 0 saturated heterocycles. The van der Waals surface area contributed by atoms with Crippen molar-refractivity contribution in [2.75, 3.05) is 0 Å². The minimum Gasteiger partial charge on any atom is -0.338 e. The van der Waals surface area contributed by atoms with Gasteiger partial charge in [0.15, 0.2) is 5.82 Å². The van der Waals surface area contributed by atoms with Gasteiger partial charge in [0.1, 0.15) is 0 Å². The van der Waals surface area contributed by atoms with Crippen LogP contribution >= 0.6 is 0 Å². The van der Waals surface area contributed by atoms with Crippen LogP contribution in [0, 0.1) is 13.8 Å². The SMILES string of the molecule is CCCC[C@H](N)c1nc(Cc2cc(C)cc(C)c2)no1. The van der Waals surface area contributed by atoms with Crippen molar-refractivity contribution in [1.82, 2.24) is 10.1 Å². The number of aromatic nitrogens is 2. The molecule has 0 aliphatic carbocycles. The van der Waals surface area contributed by atoms with E-state index in [1.807, 2.05) is 0 Å². The van der Waals surface area contributed by atoms with E-state index in [1.54, 1.807) is 0 Å². The van der Waals surface area contributed by atoms with Crippen LogP contribution in [0.3, 0.4) is 0 Å². The first-order valence-corrected chi connectivity index (χ1v) is 7.23. The molecule has 4 nitrogen and oxygen atoms in total. The molecule has 1 atom stereocenters. The smallest absolute Gasteiger partial charge is 0.243 e. The van der Waals surface area contributed by atoms with Gasteiger partial charge in [-0.2, -0.15) is 4.98 Å². The molecule has 0 bridgehead atoms. The van der Waals surface area contributed by atoms with Crippen molar-refractivity contribution >= 4 is 0 Å². The van der Waals surface area contributed by atoms with E-state index in [9.17, 15) is 0 Å². The summed E-state index contributed by atoms with van der Waals surface area (Å²) in [4.78, 5) is 4.41. The maximum atomic E-state index is 6.04. The first-order chi connectivity index (χ1) is 9.58. The van der Waals surface area contributed by atoms with Gasteiger partial charge in [0.2, 0.25) is 5.89 Å². The molecular formula is C16H23N3O. The number of benzene rings is 1. The third kappa shape index (κ3) is 3.90. The summed E-state index contributed by atoms with van der Waals surface area (Å²) in [6, 6.07) is 6.32. The van der Waals surface area contributed by atoms with E-state index in [1.165, 1.54) is 16.7 Å². The number of hydrogen-bond donors (Lipinski definition) is 1. The fourth-order valence-electron chi connectivity index (χ4n) is 2.39. The topological polar surface area (TPSA) is 64.9 Å². The lowest BCUT2D eigenvalue weighted by molar-refractivity contribution is 0.343. The van der Waals surface area contributed by atoms with E-state index in [0.717, 1.165) is 19.3 Å². The van der Waals surface area contributed by atoms with Gasteiger partial charge in [0.05, 0.1) is 6.04 Å². The number of unbranched alkanes of at least 4 members (excludes halogenated alkanes) is 1. The molecule has 0 radical (unpaired) electrons. The molecule has 0 saturated carbocycles. The quantitative estimate of drug-likeness (QED) is 0.875. The highest BCUT2D eigenvalue weighted by Gasteiger charge is 2.14. The third-order valence-electron chi connectivity index (χ3n) is 3.31. The Labute approximate surface area is 120 Å². The summed E-state index contributed by atoms with van der Waals surface area (Å²) in [6.45, 7) is 6.34. The van der Waals surface area contributed by atoms with E-state index < -0.39 is 0 Å². The van der Waals surface area contributed by atoms with Crippen LogP contribution in [0.15, 0.2) is 22.7 Å². The van der Waals surface area contributed by atoms with Crippen molar-refractivity contribution in [3.8, 4) is 0 Å². The first kappa shape index (κ1) is 14.7. The zero-order valence-electron chi connectivity index (χ0n) is 12.5. The van der Waals surface area contributed by atoms with Crippen LogP contribution < -0.4 is 5.73 Å². The van der Waals surface area contributed by atoms with Crippen molar-refractivity contribution in [3.63, 3.8) is 0 Å². The van der Waals surface area contributed by atoms with Crippen molar-refractivity contribution < 1.29 is 4.52 Å². The van der Waals surface area contributed by atoms with Crippen LogP contribution in [0.5, 0.6) is 0 Å². The zero-order chi connectivity index (χ0) is 14.5. The second kappa shape index (κ2) is 6.66. The summed E-state index contributed by atoms with van der Waals surface area (Å²) in [5.74, 6) is 1.26. The average Bonchev–Trinajstić information content (AvgIpc) is 2.83. The standard InChI is InChI=1S/C16H23N3O/c1-4-5-6-14(17)16-18-15(19-20-16)10-13-8-11(2)7-12(3)9-13/h7-9,14H,4-6,10,17H2,1-3H3/t14-/m0/s1. The lowest BCUT2D eigenvalue weighted by atomic mass is 10.0. The second-order valence-corrected chi connectivity index (χ2v) is 5.47. The molecule has 0 unspecified atom stereocenters. The Hall–Kier alpha value is -1.68. The number of nitrogens with two attached hydrogens (primary N) is 1. The van der Waals surface area contributed by atoms with Crippen LogP contribution in [0.25, 0.3) is 0 Å². The molecular weight excluding hydrogens is 250 g/mol. The molecule has 1 aromatic heterocycles. The van der Waals surface area contributed by atoms with Crippen LogP contribution in [-0.4, -0.2) is 10.1 Å². The molecule has 2 aromatic rings. The van der Waals surface area contributed by atoms with E-state index in [4.69, 9.17) is 10.3 Å². The molecule has 1 heterocycles. The molecule has 1 aromatic carbocycles. The molecule has 0 spiro atoms. The van der Waals surface area contributed by atoms with E-state index >= 15 is 0 Å². The Morgan fingerprint density at radius 2 is 1.90 bits per heavy atom. The van der Waals surface area contributed by atoms with Crippen LogP contribution in [0.1, 0.15) is 60.6 Å². The van der Waals surface area contributed by atoms with Crippen molar-refractivity contribution in [1.29, 1.82) is 0 Å². The van der Waals surface area contributed by atoms with Gasteiger partial charge in [0, 0.05) is 6.42 Å². The summed E-state index contributed by atoms with van der Waals surface area (Å²) >= 11 is 0. The zero-order valence-corrected chi connectivity index (χ0v) is 12.5. The predicted octanol–water partition coefficient (Wildman–Crippen LogP) is 3.47. The summed E-state index contributed by atoms with van der Waals surface area (Å²) in [7, 11) is 0. The first-order valence-electron chi connectivity index (χ1n) is 7.23. The van der Waals surface area contributed by atoms with Gasteiger partial charge >= 0.3 is 0 Å². The Bertz CT molecular complexity index is 542. The number of aryl methyl sites for hydroxylation is 2. The molecule has 4 heteroatoms. The van der Waals surface area contributed by atoms with E-state index in [2.05, 4.69) is 49.1 Å². The average molecular weight is 273 g/mol. The highest BCUT2D eigenvalue weighted by molar-refractivity contribution is 5.30. The van der Waals surface area contributed by atoms with E-state index in [-0.39, 0.29) is 6.04 Å². The molecule has 0 aliphatic rings. The maximum absolute atomic E-state index is 6.04. The maximum Gasteiger partial charge on any atom is 0.243 e. The lowest BCUT2D eigenvalue weighted by Gasteiger charge is -2.04. The largest absolute Gasteiger partial charge is 0.338 e.